The fourth-order valence-corrected chi connectivity index (χ4v) is 2.26. The third-order valence-corrected chi connectivity index (χ3v) is 3.30. The number of hydrogen-bond donors (Lipinski definition) is 2. The molecule has 1 heterocycles. The lowest BCUT2D eigenvalue weighted by molar-refractivity contribution is 0.495. The van der Waals surface area contributed by atoms with Crippen LogP contribution in [0.4, 0.5) is 14.5 Å². The van der Waals surface area contributed by atoms with Crippen molar-refractivity contribution in [2.24, 2.45) is 0 Å². The van der Waals surface area contributed by atoms with Crippen molar-refractivity contribution in [3.63, 3.8) is 0 Å². The second kappa shape index (κ2) is 4.92. The van der Waals surface area contributed by atoms with Crippen molar-refractivity contribution in [2.75, 3.05) is 5.32 Å². The molecule has 2 N–H and O–H groups in total. The molecule has 0 saturated heterocycles. The summed E-state index contributed by atoms with van der Waals surface area (Å²) < 4.78 is 27.0. The number of hydrogen-bond acceptors (Lipinski definition) is 2. The molecule has 0 spiro atoms. The zero-order chi connectivity index (χ0) is 14.1. The number of anilines is 1. The summed E-state index contributed by atoms with van der Waals surface area (Å²) in [6.07, 6.45) is 1.72. The Morgan fingerprint density at radius 1 is 1.15 bits per heavy atom. The standard InChI is InChI=1S/C15H13F2N3/c1-9(11-5-3-6-12(16)14(11)17)19-13-7-2-4-10-8-18-20-15(10)13/h2-9,19H,1H3,(H,18,20). The van der Waals surface area contributed by atoms with Crippen molar-refractivity contribution in [2.45, 2.75) is 13.0 Å². The number of nitrogens with zero attached hydrogens (tertiary/aromatic N) is 1. The normalized spacial score (nSPS) is 12.6. The van der Waals surface area contributed by atoms with Gasteiger partial charge in [-0.1, -0.05) is 24.3 Å². The zero-order valence-corrected chi connectivity index (χ0v) is 10.8. The highest BCUT2D eigenvalue weighted by Crippen LogP contribution is 2.27. The minimum atomic E-state index is -0.837. The van der Waals surface area contributed by atoms with E-state index < -0.39 is 11.6 Å². The van der Waals surface area contributed by atoms with Crippen LogP contribution < -0.4 is 5.32 Å². The molecule has 1 atom stereocenters. The van der Waals surface area contributed by atoms with Gasteiger partial charge in [-0.15, -0.1) is 0 Å². The number of fused-ring (bicyclic) bond motifs is 1. The van der Waals surface area contributed by atoms with Crippen LogP contribution in [0.2, 0.25) is 0 Å². The Kier molecular flexibility index (Phi) is 3.10. The Labute approximate surface area is 114 Å². The number of H-pyrrole nitrogens is 1. The Balaban J connectivity index is 1.94. The molecule has 102 valence electrons. The molecule has 3 aromatic rings. The monoisotopic (exact) mass is 273 g/mol. The van der Waals surface area contributed by atoms with Gasteiger partial charge < -0.3 is 5.32 Å². The number of aromatic nitrogens is 2. The van der Waals surface area contributed by atoms with Crippen LogP contribution in [0, 0.1) is 11.6 Å². The van der Waals surface area contributed by atoms with Crippen molar-refractivity contribution in [1.82, 2.24) is 10.2 Å². The van der Waals surface area contributed by atoms with Gasteiger partial charge in [0.25, 0.3) is 0 Å². The molecule has 3 rings (SSSR count). The lowest BCUT2D eigenvalue weighted by Crippen LogP contribution is -2.09. The highest BCUT2D eigenvalue weighted by Gasteiger charge is 2.15. The molecule has 3 nitrogen and oxygen atoms in total. The molecule has 0 aliphatic carbocycles. The summed E-state index contributed by atoms with van der Waals surface area (Å²) in [5, 5.41) is 11.0. The zero-order valence-electron chi connectivity index (χ0n) is 10.8. The molecule has 0 aliphatic heterocycles. The van der Waals surface area contributed by atoms with Gasteiger partial charge in [0.05, 0.1) is 23.4 Å². The van der Waals surface area contributed by atoms with Crippen LogP contribution in [-0.2, 0) is 0 Å². The lowest BCUT2D eigenvalue weighted by Gasteiger charge is -2.17. The van der Waals surface area contributed by atoms with Gasteiger partial charge in [-0.05, 0) is 19.1 Å². The topological polar surface area (TPSA) is 40.7 Å². The van der Waals surface area contributed by atoms with Crippen molar-refractivity contribution in [3.05, 3.63) is 59.8 Å². The van der Waals surface area contributed by atoms with Crippen LogP contribution in [0.5, 0.6) is 0 Å². The molecule has 0 fully saturated rings. The molecule has 0 aliphatic rings. The maximum Gasteiger partial charge on any atom is 0.164 e. The Morgan fingerprint density at radius 3 is 2.80 bits per heavy atom. The van der Waals surface area contributed by atoms with E-state index in [1.165, 1.54) is 6.07 Å². The minimum Gasteiger partial charge on any atom is -0.377 e. The summed E-state index contributed by atoms with van der Waals surface area (Å²) in [6.45, 7) is 1.78. The van der Waals surface area contributed by atoms with Crippen LogP contribution in [0.3, 0.4) is 0 Å². The first-order chi connectivity index (χ1) is 9.66. The molecular formula is C15H13F2N3. The van der Waals surface area contributed by atoms with Crippen molar-refractivity contribution in [1.29, 1.82) is 0 Å². The van der Waals surface area contributed by atoms with E-state index in [2.05, 4.69) is 15.5 Å². The highest BCUT2D eigenvalue weighted by molar-refractivity contribution is 5.90. The Morgan fingerprint density at radius 2 is 1.95 bits per heavy atom. The van der Waals surface area contributed by atoms with E-state index in [4.69, 9.17) is 0 Å². The third-order valence-electron chi connectivity index (χ3n) is 3.30. The maximum absolute atomic E-state index is 13.8. The van der Waals surface area contributed by atoms with Gasteiger partial charge in [0.15, 0.2) is 11.6 Å². The number of benzene rings is 2. The van der Waals surface area contributed by atoms with Gasteiger partial charge in [0, 0.05) is 10.9 Å². The summed E-state index contributed by atoms with van der Waals surface area (Å²) in [4.78, 5) is 0. The fraction of sp³-hybridized carbons (Fsp3) is 0.133. The predicted octanol–water partition coefficient (Wildman–Crippen LogP) is 4.01. The number of aromatic amines is 1. The first-order valence-corrected chi connectivity index (χ1v) is 6.29. The van der Waals surface area contributed by atoms with E-state index in [1.807, 2.05) is 18.2 Å². The Bertz CT molecular complexity index is 752. The van der Waals surface area contributed by atoms with Crippen LogP contribution in [0.25, 0.3) is 10.9 Å². The van der Waals surface area contributed by atoms with Crippen LogP contribution in [0.15, 0.2) is 42.6 Å². The van der Waals surface area contributed by atoms with E-state index in [0.29, 0.717) is 5.56 Å². The summed E-state index contributed by atoms with van der Waals surface area (Å²) in [5.74, 6) is -1.65. The average Bonchev–Trinajstić information content (AvgIpc) is 2.91. The molecule has 0 saturated carbocycles. The van der Waals surface area contributed by atoms with Crippen molar-refractivity contribution in [3.8, 4) is 0 Å². The summed E-state index contributed by atoms with van der Waals surface area (Å²) in [7, 11) is 0. The van der Waals surface area contributed by atoms with E-state index in [1.54, 1.807) is 19.2 Å². The molecule has 5 heteroatoms. The van der Waals surface area contributed by atoms with E-state index in [-0.39, 0.29) is 6.04 Å². The van der Waals surface area contributed by atoms with Gasteiger partial charge in [-0.2, -0.15) is 5.10 Å². The molecule has 0 bridgehead atoms. The van der Waals surface area contributed by atoms with E-state index in [9.17, 15) is 8.78 Å². The average molecular weight is 273 g/mol. The SMILES string of the molecule is CC(Nc1cccc2cn[nH]c12)c1cccc(F)c1F. The van der Waals surface area contributed by atoms with Crippen LogP contribution in [-0.4, -0.2) is 10.2 Å². The second-order valence-electron chi connectivity index (χ2n) is 4.65. The first-order valence-electron chi connectivity index (χ1n) is 6.29. The van der Waals surface area contributed by atoms with Gasteiger partial charge in [-0.25, -0.2) is 8.78 Å². The van der Waals surface area contributed by atoms with E-state index in [0.717, 1.165) is 22.7 Å². The predicted molar refractivity (Wildman–Crippen MR) is 74.5 cm³/mol. The first kappa shape index (κ1) is 12.6. The van der Waals surface area contributed by atoms with Crippen molar-refractivity contribution < 1.29 is 8.78 Å². The fourth-order valence-electron chi connectivity index (χ4n) is 2.26. The van der Waals surface area contributed by atoms with Crippen LogP contribution >= 0.6 is 0 Å². The number of nitrogens with one attached hydrogen (secondary N) is 2. The molecular weight excluding hydrogens is 260 g/mol. The molecule has 20 heavy (non-hydrogen) atoms. The number of rotatable bonds is 3. The minimum absolute atomic E-state index is 0.293. The molecule has 1 aromatic heterocycles. The van der Waals surface area contributed by atoms with E-state index >= 15 is 0 Å². The smallest absolute Gasteiger partial charge is 0.164 e. The highest BCUT2D eigenvalue weighted by atomic mass is 19.2. The van der Waals surface area contributed by atoms with Gasteiger partial charge in [0.1, 0.15) is 0 Å². The largest absolute Gasteiger partial charge is 0.377 e. The van der Waals surface area contributed by atoms with Gasteiger partial charge >= 0.3 is 0 Å². The van der Waals surface area contributed by atoms with Crippen molar-refractivity contribution >= 4 is 16.6 Å². The maximum atomic E-state index is 13.8. The quantitative estimate of drug-likeness (QED) is 0.756. The third kappa shape index (κ3) is 2.11. The number of para-hydroxylation sites is 1. The molecule has 0 radical (unpaired) electrons. The Hall–Kier alpha value is -2.43. The van der Waals surface area contributed by atoms with Gasteiger partial charge in [0.2, 0.25) is 0 Å². The van der Waals surface area contributed by atoms with Gasteiger partial charge in [-0.3, -0.25) is 5.10 Å². The summed E-state index contributed by atoms with van der Waals surface area (Å²) >= 11 is 0. The molecule has 2 aromatic carbocycles. The lowest BCUT2D eigenvalue weighted by atomic mass is 10.1. The summed E-state index contributed by atoms with van der Waals surface area (Å²) in [6, 6.07) is 9.51. The number of halogens is 2. The van der Waals surface area contributed by atoms with Crippen LogP contribution in [0.1, 0.15) is 18.5 Å². The summed E-state index contributed by atoms with van der Waals surface area (Å²) in [5.41, 5.74) is 1.94. The molecule has 1 unspecified atom stereocenters. The second-order valence-corrected chi connectivity index (χ2v) is 4.65. The molecule has 0 amide bonds.